The third kappa shape index (κ3) is 3.87. The fourth-order valence-electron chi connectivity index (χ4n) is 1.58. The van der Waals surface area contributed by atoms with Gasteiger partial charge in [0.1, 0.15) is 11.6 Å². The van der Waals surface area contributed by atoms with Crippen LogP contribution in [0.15, 0.2) is 18.2 Å². The summed E-state index contributed by atoms with van der Waals surface area (Å²) in [5.41, 5.74) is 0.413. The topological polar surface area (TPSA) is 21.3 Å². The van der Waals surface area contributed by atoms with Gasteiger partial charge in [-0.05, 0) is 43.7 Å². The van der Waals surface area contributed by atoms with Crippen molar-refractivity contribution < 1.29 is 13.5 Å². The first-order chi connectivity index (χ1) is 7.67. The molecule has 0 aliphatic carbocycles. The van der Waals surface area contributed by atoms with E-state index in [2.05, 4.69) is 5.32 Å². The van der Waals surface area contributed by atoms with Crippen molar-refractivity contribution in [3.63, 3.8) is 0 Å². The van der Waals surface area contributed by atoms with Gasteiger partial charge in [0.05, 0.1) is 6.61 Å². The fraction of sp³-hybridized carbons (Fsp3) is 0.500. The minimum atomic E-state index is -0.399. The molecule has 1 rings (SSSR count). The van der Waals surface area contributed by atoms with E-state index in [1.54, 1.807) is 7.11 Å². The molecule has 2 nitrogen and oxygen atoms in total. The van der Waals surface area contributed by atoms with Crippen LogP contribution in [0.4, 0.5) is 8.78 Å². The third-order valence-electron chi connectivity index (χ3n) is 2.55. The largest absolute Gasteiger partial charge is 0.383 e. The van der Waals surface area contributed by atoms with Gasteiger partial charge in [0.2, 0.25) is 0 Å². The molecule has 4 heteroatoms. The van der Waals surface area contributed by atoms with Crippen molar-refractivity contribution in [1.29, 1.82) is 0 Å². The predicted octanol–water partition coefficient (Wildman–Crippen LogP) is 2.13. The Balaban J connectivity index is 2.55. The van der Waals surface area contributed by atoms with Gasteiger partial charge in [-0.3, -0.25) is 0 Å². The van der Waals surface area contributed by atoms with Crippen molar-refractivity contribution >= 4 is 0 Å². The molecule has 0 aliphatic rings. The number of hydrogen-bond donors (Lipinski definition) is 1. The lowest BCUT2D eigenvalue weighted by Crippen LogP contribution is -2.30. The molecule has 0 bridgehead atoms. The lowest BCUT2D eigenvalue weighted by molar-refractivity contribution is 0.166. The SMILES string of the molecule is CNC(CCc1cc(F)ccc1F)COC. The molecule has 1 aromatic rings. The number of likely N-dealkylation sites (N-methyl/N-ethyl adjacent to an activating group) is 1. The summed E-state index contributed by atoms with van der Waals surface area (Å²) in [6.07, 6.45) is 1.21. The van der Waals surface area contributed by atoms with Gasteiger partial charge < -0.3 is 10.1 Å². The van der Waals surface area contributed by atoms with Crippen LogP contribution in [0.1, 0.15) is 12.0 Å². The van der Waals surface area contributed by atoms with E-state index in [1.165, 1.54) is 6.07 Å². The van der Waals surface area contributed by atoms with E-state index in [4.69, 9.17) is 4.74 Å². The van der Waals surface area contributed by atoms with Crippen molar-refractivity contribution in [2.45, 2.75) is 18.9 Å². The van der Waals surface area contributed by atoms with Crippen LogP contribution < -0.4 is 5.32 Å². The van der Waals surface area contributed by atoms with Crippen LogP contribution in [-0.2, 0) is 11.2 Å². The zero-order valence-electron chi connectivity index (χ0n) is 9.59. The second-order valence-corrected chi connectivity index (χ2v) is 3.72. The number of aryl methyl sites for hydroxylation is 1. The molecule has 0 radical (unpaired) electrons. The highest BCUT2D eigenvalue weighted by molar-refractivity contribution is 5.18. The zero-order chi connectivity index (χ0) is 12.0. The number of rotatable bonds is 6. The molecule has 1 N–H and O–H groups in total. The Labute approximate surface area is 94.6 Å². The van der Waals surface area contributed by atoms with Gasteiger partial charge in [0.25, 0.3) is 0 Å². The van der Waals surface area contributed by atoms with Gasteiger partial charge in [-0.15, -0.1) is 0 Å². The molecule has 90 valence electrons. The minimum Gasteiger partial charge on any atom is -0.383 e. The summed E-state index contributed by atoms with van der Waals surface area (Å²) >= 11 is 0. The Morgan fingerprint density at radius 2 is 2.12 bits per heavy atom. The molecule has 0 amide bonds. The van der Waals surface area contributed by atoms with Crippen LogP contribution in [-0.4, -0.2) is 26.8 Å². The van der Waals surface area contributed by atoms with Gasteiger partial charge in [0.15, 0.2) is 0 Å². The summed E-state index contributed by atoms with van der Waals surface area (Å²) < 4.78 is 31.2. The van der Waals surface area contributed by atoms with Crippen molar-refractivity contribution in [3.05, 3.63) is 35.4 Å². The van der Waals surface area contributed by atoms with Crippen LogP contribution in [0.3, 0.4) is 0 Å². The van der Waals surface area contributed by atoms with Gasteiger partial charge in [-0.2, -0.15) is 0 Å². The summed E-state index contributed by atoms with van der Waals surface area (Å²) in [4.78, 5) is 0. The van der Waals surface area contributed by atoms with E-state index < -0.39 is 5.82 Å². The molecule has 0 saturated carbocycles. The highest BCUT2D eigenvalue weighted by atomic mass is 19.1. The van der Waals surface area contributed by atoms with Gasteiger partial charge in [0, 0.05) is 13.2 Å². The molecule has 0 spiro atoms. The molecule has 1 aromatic carbocycles. The number of halogens is 2. The molecule has 0 aromatic heterocycles. The average Bonchev–Trinajstić information content (AvgIpc) is 2.28. The Bertz CT molecular complexity index is 331. The number of methoxy groups -OCH3 is 1. The number of ether oxygens (including phenoxy) is 1. The Hall–Kier alpha value is -1.00. The number of hydrogen-bond acceptors (Lipinski definition) is 2. The van der Waals surface area contributed by atoms with Crippen molar-refractivity contribution in [3.8, 4) is 0 Å². The van der Waals surface area contributed by atoms with Gasteiger partial charge in [-0.1, -0.05) is 0 Å². The summed E-state index contributed by atoms with van der Waals surface area (Å²) in [6, 6.07) is 3.70. The first kappa shape index (κ1) is 13.1. The molecule has 0 aliphatic heterocycles. The Morgan fingerprint density at radius 3 is 2.75 bits per heavy atom. The van der Waals surface area contributed by atoms with E-state index in [-0.39, 0.29) is 11.9 Å². The van der Waals surface area contributed by atoms with E-state index >= 15 is 0 Å². The minimum absolute atomic E-state index is 0.160. The van der Waals surface area contributed by atoms with Crippen molar-refractivity contribution in [1.82, 2.24) is 5.32 Å². The maximum Gasteiger partial charge on any atom is 0.126 e. The van der Waals surface area contributed by atoms with E-state index in [1.807, 2.05) is 7.05 Å². The second kappa shape index (κ2) is 6.55. The maximum absolute atomic E-state index is 13.3. The molecule has 1 atom stereocenters. The van der Waals surface area contributed by atoms with Crippen molar-refractivity contribution in [2.75, 3.05) is 20.8 Å². The van der Waals surface area contributed by atoms with E-state index in [0.717, 1.165) is 12.1 Å². The molecule has 0 fully saturated rings. The normalized spacial score (nSPS) is 12.8. The molecule has 0 saturated heterocycles. The molecule has 1 unspecified atom stereocenters. The third-order valence-corrected chi connectivity index (χ3v) is 2.55. The van der Waals surface area contributed by atoms with Gasteiger partial charge >= 0.3 is 0 Å². The predicted molar refractivity (Wildman–Crippen MR) is 59.4 cm³/mol. The van der Waals surface area contributed by atoms with Crippen LogP contribution in [0.25, 0.3) is 0 Å². The highest BCUT2D eigenvalue weighted by Crippen LogP contribution is 2.12. The first-order valence-corrected chi connectivity index (χ1v) is 5.27. The van der Waals surface area contributed by atoms with E-state index in [9.17, 15) is 8.78 Å². The van der Waals surface area contributed by atoms with Crippen LogP contribution in [0.2, 0.25) is 0 Å². The van der Waals surface area contributed by atoms with Gasteiger partial charge in [-0.25, -0.2) is 8.78 Å². The zero-order valence-corrected chi connectivity index (χ0v) is 9.59. The van der Waals surface area contributed by atoms with Crippen LogP contribution in [0.5, 0.6) is 0 Å². The highest BCUT2D eigenvalue weighted by Gasteiger charge is 2.09. The Morgan fingerprint density at radius 1 is 1.38 bits per heavy atom. The molecular formula is C12H17F2NO. The van der Waals surface area contributed by atoms with Crippen molar-refractivity contribution in [2.24, 2.45) is 0 Å². The fourth-order valence-corrected chi connectivity index (χ4v) is 1.58. The monoisotopic (exact) mass is 229 g/mol. The van der Waals surface area contributed by atoms with E-state index in [0.29, 0.717) is 25.0 Å². The first-order valence-electron chi connectivity index (χ1n) is 5.27. The average molecular weight is 229 g/mol. The second-order valence-electron chi connectivity index (χ2n) is 3.72. The lowest BCUT2D eigenvalue weighted by atomic mass is 10.1. The quantitative estimate of drug-likeness (QED) is 0.807. The van der Waals surface area contributed by atoms with Crippen LogP contribution in [0, 0.1) is 11.6 Å². The summed E-state index contributed by atoms with van der Waals surface area (Å²) in [6.45, 7) is 0.563. The number of nitrogens with one attached hydrogen (secondary N) is 1. The maximum atomic E-state index is 13.3. The molecular weight excluding hydrogens is 212 g/mol. The standard InChI is InChI=1S/C12H17F2NO/c1-15-11(8-16-2)5-3-9-7-10(13)4-6-12(9)14/h4,6-7,11,15H,3,5,8H2,1-2H3. The summed E-state index contributed by atoms with van der Waals surface area (Å²) in [5, 5.41) is 3.07. The van der Waals surface area contributed by atoms with Crippen LogP contribution >= 0.6 is 0 Å². The molecule has 0 heterocycles. The lowest BCUT2D eigenvalue weighted by Gasteiger charge is -2.14. The number of benzene rings is 1. The Kier molecular flexibility index (Phi) is 5.35. The molecule has 16 heavy (non-hydrogen) atoms. The summed E-state index contributed by atoms with van der Waals surface area (Å²) in [7, 11) is 3.44. The summed E-state index contributed by atoms with van der Waals surface area (Å²) in [5.74, 6) is -0.752. The smallest absolute Gasteiger partial charge is 0.126 e.